The molecule has 0 aromatic heterocycles. The SMILES string of the molecule is COc1cc(C)c(C(=O)NCCOc2ccc(C)cc2)cc1C(C)C. The average molecular weight is 341 g/mol. The van der Waals surface area contributed by atoms with Crippen molar-refractivity contribution in [2.45, 2.75) is 33.6 Å². The molecule has 0 aliphatic heterocycles. The molecule has 0 unspecified atom stereocenters. The van der Waals surface area contributed by atoms with Crippen LogP contribution < -0.4 is 14.8 Å². The van der Waals surface area contributed by atoms with Gasteiger partial charge in [0.25, 0.3) is 5.91 Å². The van der Waals surface area contributed by atoms with E-state index >= 15 is 0 Å². The van der Waals surface area contributed by atoms with Crippen LogP contribution in [-0.2, 0) is 0 Å². The van der Waals surface area contributed by atoms with Crippen LogP contribution in [-0.4, -0.2) is 26.2 Å². The molecule has 4 heteroatoms. The van der Waals surface area contributed by atoms with Gasteiger partial charge in [0.1, 0.15) is 18.1 Å². The number of methoxy groups -OCH3 is 1. The molecule has 0 saturated heterocycles. The first-order valence-electron chi connectivity index (χ1n) is 8.58. The number of benzene rings is 2. The van der Waals surface area contributed by atoms with Crippen LogP contribution in [0.3, 0.4) is 0 Å². The zero-order valence-electron chi connectivity index (χ0n) is 15.7. The summed E-state index contributed by atoms with van der Waals surface area (Å²) in [6.07, 6.45) is 0. The lowest BCUT2D eigenvalue weighted by Crippen LogP contribution is -2.28. The van der Waals surface area contributed by atoms with Crippen molar-refractivity contribution in [1.82, 2.24) is 5.32 Å². The van der Waals surface area contributed by atoms with Crippen LogP contribution in [0.2, 0.25) is 0 Å². The van der Waals surface area contributed by atoms with Gasteiger partial charge in [-0.25, -0.2) is 0 Å². The quantitative estimate of drug-likeness (QED) is 0.766. The molecule has 1 N–H and O–H groups in total. The second-order valence-electron chi connectivity index (χ2n) is 6.48. The molecular formula is C21H27NO3. The van der Waals surface area contributed by atoms with E-state index in [-0.39, 0.29) is 11.8 Å². The molecule has 0 saturated carbocycles. The first-order valence-corrected chi connectivity index (χ1v) is 8.58. The lowest BCUT2D eigenvalue weighted by molar-refractivity contribution is 0.0946. The molecule has 0 heterocycles. The van der Waals surface area contributed by atoms with Crippen molar-refractivity contribution >= 4 is 5.91 Å². The third kappa shape index (κ3) is 4.99. The van der Waals surface area contributed by atoms with Gasteiger partial charge in [0.2, 0.25) is 0 Å². The minimum absolute atomic E-state index is 0.0884. The second-order valence-corrected chi connectivity index (χ2v) is 6.48. The van der Waals surface area contributed by atoms with E-state index < -0.39 is 0 Å². The van der Waals surface area contributed by atoms with Gasteiger partial charge in [-0.1, -0.05) is 31.5 Å². The fraction of sp³-hybridized carbons (Fsp3) is 0.381. The van der Waals surface area contributed by atoms with E-state index in [9.17, 15) is 4.79 Å². The first-order chi connectivity index (χ1) is 11.9. The Bertz CT molecular complexity index is 721. The smallest absolute Gasteiger partial charge is 0.251 e. The maximum atomic E-state index is 12.5. The van der Waals surface area contributed by atoms with Crippen LogP contribution in [0, 0.1) is 13.8 Å². The molecule has 0 aliphatic rings. The Balaban J connectivity index is 1.96. The highest BCUT2D eigenvalue weighted by Crippen LogP contribution is 2.29. The van der Waals surface area contributed by atoms with Crippen molar-refractivity contribution in [2.24, 2.45) is 0 Å². The molecule has 4 nitrogen and oxygen atoms in total. The summed E-state index contributed by atoms with van der Waals surface area (Å²) >= 11 is 0. The van der Waals surface area contributed by atoms with Crippen LogP contribution >= 0.6 is 0 Å². The topological polar surface area (TPSA) is 47.6 Å². The van der Waals surface area contributed by atoms with Gasteiger partial charge < -0.3 is 14.8 Å². The highest BCUT2D eigenvalue weighted by Gasteiger charge is 2.15. The van der Waals surface area contributed by atoms with Gasteiger partial charge in [-0.15, -0.1) is 0 Å². The lowest BCUT2D eigenvalue weighted by Gasteiger charge is -2.16. The Morgan fingerprint density at radius 2 is 1.80 bits per heavy atom. The number of hydrogen-bond acceptors (Lipinski definition) is 3. The zero-order chi connectivity index (χ0) is 18.4. The summed E-state index contributed by atoms with van der Waals surface area (Å²) in [6.45, 7) is 9.02. The normalized spacial score (nSPS) is 10.6. The summed E-state index contributed by atoms with van der Waals surface area (Å²) in [5.74, 6) is 1.83. The fourth-order valence-electron chi connectivity index (χ4n) is 2.63. The van der Waals surface area contributed by atoms with Crippen molar-refractivity contribution in [3.63, 3.8) is 0 Å². The number of carbonyl (C=O) groups excluding carboxylic acids is 1. The summed E-state index contributed by atoms with van der Waals surface area (Å²) in [4.78, 5) is 12.5. The van der Waals surface area contributed by atoms with Gasteiger partial charge in [-0.2, -0.15) is 0 Å². The third-order valence-corrected chi connectivity index (χ3v) is 4.12. The zero-order valence-corrected chi connectivity index (χ0v) is 15.7. The van der Waals surface area contributed by atoms with Crippen LogP contribution in [0.15, 0.2) is 36.4 Å². The molecular weight excluding hydrogens is 314 g/mol. The molecule has 2 aromatic rings. The third-order valence-electron chi connectivity index (χ3n) is 4.12. The largest absolute Gasteiger partial charge is 0.496 e. The lowest BCUT2D eigenvalue weighted by atomic mass is 9.96. The first kappa shape index (κ1) is 18.8. The molecule has 0 atom stereocenters. The molecule has 2 rings (SSSR count). The van der Waals surface area contributed by atoms with Gasteiger partial charge in [-0.05, 0) is 55.2 Å². The van der Waals surface area contributed by atoms with E-state index in [0.29, 0.717) is 18.7 Å². The summed E-state index contributed by atoms with van der Waals surface area (Å²) in [6, 6.07) is 11.7. The van der Waals surface area contributed by atoms with Gasteiger partial charge >= 0.3 is 0 Å². The van der Waals surface area contributed by atoms with Crippen molar-refractivity contribution < 1.29 is 14.3 Å². The van der Waals surface area contributed by atoms with Crippen LogP contribution in [0.5, 0.6) is 11.5 Å². The number of ether oxygens (including phenoxy) is 2. The Morgan fingerprint density at radius 1 is 1.12 bits per heavy atom. The van der Waals surface area contributed by atoms with E-state index in [2.05, 4.69) is 19.2 Å². The highest BCUT2D eigenvalue weighted by atomic mass is 16.5. The number of rotatable bonds is 7. The number of amides is 1. The van der Waals surface area contributed by atoms with Crippen molar-refractivity contribution in [1.29, 1.82) is 0 Å². The Kier molecular flexibility index (Phi) is 6.45. The van der Waals surface area contributed by atoms with Crippen LogP contribution in [0.1, 0.15) is 46.8 Å². The number of carbonyl (C=O) groups is 1. The molecule has 25 heavy (non-hydrogen) atoms. The monoisotopic (exact) mass is 341 g/mol. The minimum atomic E-state index is -0.0884. The number of aryl methyl sites for hydroxylation is 2. The summed E-state index contributed by atoms with van der Waals surface area (Å²) < 4.78 is 11.1. The standard InChI is InChI=1S/C21H27NO3/c1-14(2)18-13-19(16(4)12-20(18)24-5)21(23)22-10-11-25-17-8-6-15(3)7-9-17/h6-9,12-14H,10-11H2,1-5H3,(H,22,23). The van der Waals surface area contributed by atoms with Crippen molar-refractivity contribution in [3.05, 3.63) is 58.7 Å². The molecule has 1 amide bonds. The number of hydrogen-bond donors (Lipinski definition) is 1. The fourth-order valence-corrected chi connectivity index (χ4v) is 2.63. The average Bonchev–Trinajstić information content (AvgIpc) is 2.59. The van der Waals surface area contributed by atoms with Gasteiger partial charge in [0.05, 0.1) is 13.7 Å². The molecule has 0 radical (unpaired) electrons. The van der Waals surface area contributed by atoms with E-state index in [1.807, 2.05) is 50.2 Å². The predicted octanol–water partition coefficient (Wildman–Crippen LogP) is 4.24. The van der Waals surface area contributed by atoms with Crippen LogP contribution in [0.4, 0.5) is 0 Å². The molecule has 2 aromatic carbocycles. The molecule has 0 bridgehead atoms. The highest BCUT2D eigenvalue weighted by molar-refractivity contribution is 5.96. The molecule has 0 fully saturated rings. The predicted molar refractivity (Wildman–Crippen MR) is 101 cm³/mol. The minimum Gasteiger partial charge on any atom is -0.496 e. The maximum Gasteiger partial charge on any atom is 0.251 e. The van der Waals surface area contributed by atoms with Gasteiger partial charge in [0.15, 0.2) is 0 Å². The number of nitrogens with one attached hydrogen (secondary N) is 1. The second kappa shape index (κ2) is 8.56. The van der Waals surface area contributed by atoms with E-state index in [4.69, 9.17) is 9.47 Å². The Hall–Kier alpha value is -2.49. The summed E-state index contributed by atoms with van der Waals surface area (Å²) in [5.41, 5.74) is 3.81. The van der Waals surface area contributed by atoms with Gasteiger partial charge in [0, 0.05) is 5.56 Å². The Labute approximate surface area is 150 Å². The van der Waals surface area contributed by atoms with E-state index in [0.717, 1.165) is 22.6 Å². The molecule has 134 valence electrons. The van der Waals surface area contributed by atoms with Crippen molar-refractivity contribution in [2.75, 3.05) is 20.3 Å². The Morgan fingerprint density at radius 3 is 2.40 bits per heavy atom. The maximum absolute atomic E-state index is 12.5. The summed E-state index contributed by atoms with van der Waals surface area (Å²) in [7, 11) is 1.66. The van der Waals surface area contributed by atoms with E-state index in [1.54, 1.807) is 7.11 Å². The van der Waals surface area contributed by atoms with Crippen molar-refractivity contribution in [3.8, 4) is 11.5 Å². The van der Waals surface area contributed by atoms with Gasteiger partial charge in [-0.3, -0.25) is 4.79 Å². The van der Waals surface area contributed by atoms with E-state index in [1.165, 1.54) is 5.56 Å². The van der Waals surface area contributed by atoms with Crippen LogP contribution in [0.25, 0.3) is 0 Å². The molecule has 0 aliphatic carbocycles. The summed E-state index contributed by atoms with van der Waals surface area (Å²) in [5, 5.41) is 2.92. The molecule has 0 spiro atoms.